The number of nitrogens with zero attached hydrogens (tertiary/aromatic N) is 2. The molecule has 1 aliphatic carbocycles. The summed E-state index contributed by atoms with van der Waals surface area (Å²) in [4.78, 5) is 21.2. The molecular weight excluding hydrogens is 378 g/mol. The lowest BCUT2D eigenvalue weighted by Gasteiger charge is -2.30. The van der Waals surface area contributed by atoms with E-state index in [1.54, 1.807) is 18.4 Å². The number of nitrogens with one attached hydrogen (secondary N) is 1. The van der Waals surface area contributed by atoms with E-state index in [2.05, 4.69) is 10.3 Å². The molecule has 2 aliphatic rings. The van der Waals surface area contributed by atoms with E-state index < -0.39 is 6.04 Å². The minimum Gasteiger partial charge on any atom is -0.506 e. The summed E-state index contributed by atoms with van der Waals surface area (Å²) in [6.07, 6.45) is 8.38. The van der Waals surface area contributed by atoms with Crippen LogP contribution in [0.4, 0.5) is 4.79 Å². The predicted octanol–water partition coefficient (Wildman–Crippen LogP) is 5.48. The van der Waals surface area contributed by atoms with Gasteiger partial charge in [-0.25, -0.2) is 14.8 Å². The highest BCUT2D eigenvalue weighted by Gasteiger charge is 2.38. The first-order valence-electron chi connectivity index (χ1n) is 9.88. The van der Waals surface area contributed by atoms with E-state index in [1.165, 1.54) is 25.3 Å². The number of benzene rings is 1. The molecule has 0 saturated heterocycles. The monoisotopic (exact) mass is 401 g/mol. The van der Waals surface area contributed by atoms with Crippen LogP contribution < -0.4 is 5.32 Å². The van der Waals surface area contributed by atoms with Crippen molar-refractivity contribution in [3.8, 4) is 5.75 Å². The highest BCUT2D eigenvalue weighted by atomic mass is 35.5. The summed E-state index contributed by atoms with van der Waals surface area (Å²) in [5, 5.41) is 12.9. The Kier molecular flexibility index (Phi) is 5.40. The van der Waals surface area contributed by atoms with Crippen molar-refractivity contribution in [3.63, 3.8) is 0 Å². The van der Waals surface area contributed by atoms with Crippen molar-refractivity contribution in [1.29, 1.82) is 0 Å². The van der Waals surface area contributed by atoms with E-state index in [1.807, 2.05) is 6.92 Å². The van der Waals surface area contributed by atoms with Crippen molar-refractivity contribution >= 4 is 23.3 Å². The summed E-state index contributed by atoms with van der Waals surface area (Å²) in [6.45, 7) is 1.97. The number of amides is 2. The highest BCUT2D eigenvalue weighted by Crippen LogP contribution is 2.39. The van der Waals surface area contributed by atoms with Gasteiger partial charge in [0.1, 0.15) is 12.0 Å². The number of phenolic OH excluding ortho intramolecular Hbond substituents is 1. The number of oxazole rings is 1. The molecule has 0 radical (unpaired) electrons. The van der Waals surface area contributed by atoms with Crippen LogP contribution in [-0.2, 0) is 0 Å². The van der Waals surface area contributed by atoms with Crippen LogP contribution in [-0.4, -0.2) is 21.8 Å². The third-order valence-corrected chi connectivity index (χ3v) is 6.04. The van der Waals surface area contributed by atoms with Crippen molar-refractivity contribution in [1.82, 2.24) is 10.3 Å². The molecule has 2 heterocycles. The van der Waals surface area contributed by atoms with Gasteiger partial charge in [-0.2, -0.15) is 0 Å². The van der Waals surface area contributed by atoms with Gasteiger partial charge < -0.3 is 14.8 Å². The normalized spacial score (nSPS) is 23.4. The molecular formula is C21H24ClN3O3. The van der Waals surface area contributed by atoms with Crippen LogP contribution in [0.1, 0.15) is 80.5 Å². The zero-order valence-corrected chi connectivity index (χ0v) is 16.6. The largest absolute Gasteiger partial charge is 0.506 e. The fourth-order valence-electron chi connectivity index (χ4n) is 4.25. The number of aromatic nitrogens is 1. The SMILES string of the molecule is CCC1=NC(=O)NC(c2ccc(O)c(Cl)c2)C1c1nc(C2CCCCC2)co1. The summed E-state index contributed by atoms with van der Waals surface area (Å²) in [6, 6.07) is 4.15. The number of halogens is 1. The molecule has 1 aliphatic heterocycles. The molecule has 2 amide bonds. The number of urea groups is 1. The maximum atomic E-state index is 12.2. The molecule has 6 nitrogen and oxygen atoms in total. The second kappa shape index (κ2) is 7.95. The van der Waals surface area contributed by atoms with Crippen molar-refractivity contribution in [2.75, 3.05) is 0 Å². The second-order valence-electron chi connectivity index (χ2n) is 7.52. The lowest BCUT2D eigenvalue weighted by Crippen LogP contribution is -2.39. The van der Waals surface area contributed by atoms with Gasteiger partial charge in [0.15, 0.2) is 0 Å². The van der Waals surface area contributed by atoms with E-state index in [9.17, 15) is 9.90 Å². The molecule has 28 heavy (non-hydrogen) atoms. The van der Waals surface area contributed by atoms with Gasteiger partial charge in [-0.15, -0.1) is 0 Å². The molecule has 2 atom stereocenters. The first-order chi connectivity index (χ1) is 13.6. The van der Waals surface area contributed by atoms with Gasteiger partial charge in [-0.05, 0) is 37.0 Å². The molecule has 1 fully saturated rings. The Morgan fingerprint density at radius 1 is 1.29 bits per heavy atom. The Balaban J connectivity index is 1.71. The van der Waals surface area contributed by atoms with Crippen molar-refractivity contribution < 1.29 is 14.3 Å². The Labute approximate surface area is 169 Å². The zero-order valence-electron chi connectivity index (χ0n) is 15.8. The van der Waals surface area contributed by atoms with Crippen LogP contribution in [0.15, 0.2) is 33.9 Å². The molecule has 1 aromatic carbocycles. The zero-order chi connectivity index (χ0) is 19.7. The summed E-state index contributed by atoms with van der Waals surface area (Å²) in [5.41, 5.74) is 2.50. The first-order valence-corrected chi connectivity index (χ1v) is 10.3. The topological polar surface area (TPSA) is 87.7 Å². The van der Waals surface area contributed by atoms with Gasteiger partial charge in [0.25, 0.3) is 0 Å². The van der Waals surface area contributed by atoms with Gasteiger partial charge in [0, 0.05) is 11.6 Å². The molecule has 7 heteroatoms. The number of aliphatic imine (C=N–C) groups is 1. The number of rotatable bonds is 4. The Bertz CT molecular complexity index is 902. The average Bonchev–Trinajstić information content (AvgIpc) is 3.19. The Morgan fingerprint density at radius 3 is 2.79 bits per heavy atom. The van der Waals surface area contributed by atoms with Crippen LogP contribution in [0.3, 0.4) is 0 Å². The third kappa shape index (κ3) is 3.65. The number of carbonyl (C=O) groups excluding carboxylic acids is 1. The molecule has 148 valence electrons. The van der Waals surface area contributed by atoms with Gasteiger partial charge in [0.05, 0.1) is 22.7 Å². The average molecular weight is 402 g/mol. The Hall–Kier alpha value is -2.34. The van der Waals surface area contributed by atoms with Crippen LogP contribution >= 0.6 is 11.6 Å². The van der Waals surface area contributed by atoms with Gasteiger partial charge in [-0.3, -0.25) is 0 Å². The number of carbonyl (C=O) groups is 1. The van der Waals surface area contributed by atoms with Crippen LogP contribution in [0.2, 0.25) is 5.02 Å². The van der Waals surface area contributed by atoms with Crippen molar-refractivity contribution in [3.05, 3.63) is 46.6 Å². The van der Waals surface area contributed by atoms with E-state index >= 15 is 0 Å². The van der Waals surface area contributed by atoms with E-state index in [0.717, 1.165) is 29.8 Å². The second-order valence-corrected chi connectivity index (χ2v) is 7.93. The molecule has 0 spiro atoms. The van der Waals surface area contributed by atoms with Crippen molar-refractivity contribution in [2.45, 2.75) is 63.3 Å². The van der Waals surface area contributed by atoms with Crippen LogP contribution in [0, 0.1) is 0 Å². The van der Waals surface area contributed by atoms with Gasteiger partial charge in [0.2, 0.25) is 5.89 Å². The van der Waals surface area contributed by atoms with Gasteiger partial charge >= 0.3 is 6.03 Å². The van der Waals surface area contributed by atoms with Gasteiger partial charge in [-0.1, -0.05) is 43.9 Å². The first kappa shape index (κ1) is 19.0. The van der Waals surface area contributed by atoms with E-state index in [-0.39, 0.29) is 22.7 Å². The Morgan fingerprint density at radius 2 is 2.07 bits per heavy atom. The maximum absolute atomic E-state index is 12.2. The van der Waals surface area contributed by atoms with Crippen LogP contribution in [0.25, 0.3) is 0 Å². The summed E-state index contributed by atoms with van der Waals surface area (Å²) < 4.78 is 5.90. The van der Waals surface area contributed by atoms with E-state index in [0.29, 0.717) is 18.2 Å². The minimum absolute atomic E-state index is 0.00388. The predicted molar refractivity (Wildman–Crippen MR) is 107 cm³/mol. The fourth-order valence-corrected chi connectivity index (χ4v) is 4.44. The molecule has 2 unspecified atom stereocenters. The highest BCUT2D eigenvalue weighted by molar-refractivity contribution is 6.32. The number of hydrogen-bond acceptors (Lipinski definition) is 4. The lowest BCUT2D eigenvalue weighted by molar-refractivity contribution is 0.241. The minimum atomic E-state index is -0.407. The smallest absolute Gasteiger partial charge is 0.341 e. The maximum Gasteiger partial charge on any atom is 0.341 e. The number of phenols is 1. The quantitative estimate of drug-likeness (QED) is 0.709. The summed E-state index contributed by atoms with van der Waals surface area (Å²) >= 11 is 6.11. The fraction of sp³-hybridized carbons (Fsp3) is 0.476. The summed E-state index contributed by atoms with van der Waals surface area (Å²) in [7, 11) is 0. The molecule has 1 saturated carbocycles. The number of aromatic hydroxyl groups is 1. The lowest BCUT2D eigenvalue weighted by atomic mass is 9.86. The summed E-state index contributed by atoms with van der Waals surface area (Å²) in [5.74, 6) is 0.702. The number of hydrogen-bond donors (Lipinski definition) is 2. The van der Waals surface area contributed by atoms with E-state index in [4.69, 9.17) is 21.0 Å². The molecule has 1 aromatic heterocycles. The molecule has 0 bridgehead atoms. The third-order valence-electron chi connectivity index (χ3n) is 5.74. The van der Waals surface area contributed by atoms with Crippen LogP contribution in [0.5, 0.6) is 5.75 Å². The standard InChI is InChI=1S/C21H24ClN3O3/c1-2-15-18(20-23-16(11-28-20)12-6-4-3-5-7-12)19(25-21(27)24-15)13-8-9-17(26)14(22)10-13/h8-12,18-19,26H,2-7H2,1H3,(H,25,27). The van der Waals surface area contributed by atoms with Crippen molar-refractivity contribution in [2.24, 2.45) is 4.99 Å². The molecule has 2 N–H and O–H groups in total. The molecule has 4 rings (SSSR count). The molecule has 2 aromatic rings.